The number of carbonyl (C=O) groups excluding carboxylic acids is 2. The summed E-state index contributed by atoms with van der Waals surface area (Å²) < 4.78 is 23.4. The number of hydrogen-bond donors (Lipinski definition) is 2. The van der Waals surface area contributed by atoms with Crippen molar-refractivity contribution in [2.24, 2.45) is 5.16 Å². The quantitative estimate of drug-likeness (QED) is 0.492. The first-order valence-corrected chi connectivity index (χ1v) is 12.0. The maximum atomic E-state index is 12.9. The lowest BCUT2D eigenvalue weighted by atomic mass is 10.1. The van der Waals surface area contributed by atoms with Gasteiger partial charge in [-0.15, -0.1) is 0 Å². The molecule has 0 unspecified atom stereocenters. The standard InChI is InChI=1S/C19H22N4O5S2/c1-20-17(24)15-11-21-19(29-15)22-18(25)16(23-28-13-5-3-4-6-13)12-7-9-14(10-8-12)30(2,26)27/h7-11,13H,3-6H2,1-2H3,(H,20,24)(H,21,22,25). The summed E-state index contributed by atoms with van der Waals surface area (Å²) in [6.07, 6.45) is 6.26. The zero-order valence-corrected chi connectivity index (χ0v) is 18.2. The van der Waals surface area contributed by atoms with Crippen LogP contribution < -0.4 is 10.6 Å². The normalized spacial score (nSPS) is 15.1. The van der Waals surface area contributed by atoms with E-state index in [1.54, 1.807) is 0 Å². The number of hydrogen-bond acceptors (Lipinski definition) is 8. The molecule has 3 rings (SSSR count). The maximum absolute atomic E-state index is 12.9. The zero-order valence-electron chi connectivity index (χ0n) is 16.5. The van der Waals surface area contributed by atoms with Crippen LogP contribution in [0.4, 0.5) is 5.13 Å². The summed E-state index contributed by atoms with van der Waals surface area (Å²) in [7, 11) is -1.86. The molecule has 1 aliphatic carbocycles. The Morgan fingerprint density at radius 3 is 2.47 bits per heavy atom. The van der Waals surface area contributed by atoms with Gasteiger partial charge in [-0.05, 0) is 37.8 Å². The Hall–Kier alpha value is -2.79. The van der Waals surface area contributed by atoms with Crippen molar-refractivity contribution < 1.29 is 22.8 Å². The van der Waals surface area contributed by atoms with E-state index in [0.717, 1.165) is 43.3 Å². The molecule has 1 heterocycles. The highest BCUT2D eigenvalue weighted by molar-refractivity contribution is 7.90. The number of amides is 2. The largest absolute Gasteiger partial charge is 0.392 e. The van der Waals surface area contributed by atoms with Crippen LogP contribution in [0.25, 0.3) is 0 Å². The number of anilines is 1. The number of carbonyl (C=O) groups is 2. The van der Waals surface area contributed by atoms with Crippen molar-refractivity contribution in [3.05, 3.63) is 40.9 Å². The van der Waals surface area contributed by atoms with Gasteiger partial charge in [-0.3, -0.25) is 14.9 Å². The summed E-state index contributed by atoms with van der Waals surface area (Å²) in [5, 5.41) is 9.42. The molecule has 0 atom stereocenters. The number of nitrogens with one attached hydrogen (secondary N) is 2. The van der Waals surface area contributed by atoms with Gasteiger partial charge in [0, 0.05) is 18.9 Å². The second-order valence-electron chi connectivity index (χ2n) is 6.81. The highest BCUT2D eigenvalue weighted by Gasteiger charge is 2.21. The van der Waals surface area contributed by atoms with Crippen molar-refractivity contribution >= 4 is 43.8 Å². The average molecular weight is 451 g/mol. The molecule has 0 radical (unpaired) electrons. The first kappa shape index (κ1) is 21.9. The Balaban J connectivity index is 1.84. The second-order valence-corrected chi connectivity index (χ2v) is 9.86. The molecule has 1 fully saturated rings. The average Bonchev–Trinajstić information content (AvgIpc) is 3.39. The van der Waals surface area contributed by atoms with Crippen LogP contribution in [-0.4, -0.2) is 50.3 Å². The third-order valence-corrected chi connectivity index (χ3v) is 6.58. The number of rotatable bonds is 7. The summed E-state index contributed by atoms with van der Waals surface area (Å²) >= 11 is 1.03. The zero-order chi connectivity index (χ0) is 21.7. The van der Waals surface area contributed by atoms with E-state index in [2.05, 4.69) is 20.8 Å². The lowest BCUT2D eigenvalue weighted by molar-refractivity contribution is -0.110. The Morgan fingerprint density at radius 1 is 1.20 bits per heavy atom. The molecule has 1 aromatic carbocycles. The van der Waals surface area contributed by atoms with E-state index in [1.807, 2.05) is 0 Å². The number of oxime groups is 1. The lowest BCUT2D eigenvalue weighted by Crippen LogP contribution is -2.25. The number of sulfone groups is 1. The molecule has 0 spiro atoms. The van der Waals surface area contributed by atoms with Crippen molar-refractivity contribution in [2.45, 2.75) is 36.7 Å². The summed E-state index contributed by atoms with van der Waals surface area (Å²) in [5.41, 5.74) is 0.402. The van der Waals surface area contributed by atoms with Gasteiger partial charge in [-0.25, -0.2) is 13.4 Å². The van der Waals surface area contributed by atoms with Crippen LogP contribution in [0.3, 0.4) is 0 Å². The van der Waals surface area contributed by atoms with Crippen molar-refractivity contribution in [1.29, 1.82) is 0 Å². The van der Waals surface area contributed by atoms with E-state index in [0.29, 0.717) is 10.4 Å². The second kappa shape index (κ2) is 9.35. The van der Waals surface area contributed by atoms with Gasteiger partial charge in [0.1, 0.15) is 11.0 Å². The molecule has 9 nitrogen and oxygen atoms in total. The molecule has 0 aliphatic heterocycles. The van der Waals surface area contributed by atoms with E-state index in [1.165, 1.54) is 37.5 Å². The van der Waals surface area contributed by atoms with E-state index in [4.69, 9.17) is 4.84 Å². The third-order valence-electron chi connectivity index (χ3n) is 4.54. The fourth-order valence-electron chi connectivity index (χ4n) is 2.92. The van der Waals surface area contributed by atoms with Gasteiger partial charge in [0.15, 0.2) is 20.7 Å². The predicted molar refractivity (Wildman–Crippen MR) is 114 cm³/mol. The number of benzene rings is 1. The minimum Gasteiger partial charge on any atom is -0.392 e. The van der Waals surface area contributed by atoms with Crippen molar-refractivity contribution in [2.75, 3.05) is 18.6 Å². The van der Waals surface area contributed by atoms with Crippen molar-refractivity contribution in [3.8, 4) is 0 Å². The molecule has 1 saturated carbocycles. The summed E-state index contributed by atoms with van der Waals surface area (Å²) in [5.74, 6) is -0.874. The first-order valence-electron chi connectivity index (χ1n) is 9.31. The predicted octanol–water partition coefficient (Wildman–Crippen LogP) is 2.21. The Morgan fingerprint density at radius 2 is 1.87 bits per heavy atom. The number of aromatic nitrogens is 1. The van der Waals surface area contributed by atoms with Gasteiger partial charge in [0.2, 0.25) is 0 Å². The summed E-state index contributed by atoms with van der Waals surface area (Å²) in [6, 6.07) is 5.83. The minimum absolute atomic E-state index is 0.00126. The number of thiazole rings is 1. The van der Waals surface area contributed by atoms with Gasteiger partial charge in [-0.1, -0.05) is 28.6 Å². The van der Waals surface area contributed by atoms with Crippen LogP contribution in [0.5, 0.6) is 0 Å². The van der Waals surface area contributed by atoms with Crippen LogP contribution in [-0.2, 0) is 19.5 Å². The lowest BCUT2D eigenvalue weighted by Gasteiger charge is -2.10. The van der Waals surface area contributed by atoms with Crippen LogP contribution >= 0.6 is 11.3 Å². The molecule has 30 heavy (non-hydrogen) atoms. The van der Waals surface area contributed by atoms with Gasteiger partial charge in [-0.2, -0.15) is 0 Å². The smallest absolute Gasteiger partial charge is 0.280 e. The van der Waals surface area contributed by atoms with E-state index in [-0.39, 0.29) is 27.7 Å². The van der Waals surface area contributed by atoms with Gasteiger partial charge in [0.25, 0.3) is 11.8 Å². The Labute approximate surface area is 178 Å². The molecule has 160 valence electrons. The molecule has 1 aromatic heterocycles. The molecule has 2 aromatic rings. The molecule has 2 N–H and O–H groups in total. The van der Waals surface area contributed by atoms with Crippen molar-refractivity contribution in [1.82, 2.24) is 10.3 Å². The molecule has 1 aliphatic rings. The van der Waals surface area contributed by atoms with Gasteiger partial charge in [0.05, 0.1) is 11.1 Å². The molecule has 11 heteroatoms. The van der Waals surface area contributed by atoms with E-state index in [9.17, 15) is 18.0 Å². The van der Waals surface area contributed by atoms with Gasteiger partial charge >= 0.3 is 0 Å². The van der Waals surface area contributed by atoms with Crippen LogP contribution in [0.1, 0.15) is 40.9 Å². The molecule has 0 bridgehead atoms. The van der Waals surface area contributed by atoms with Crippen LogP contribution in [0, 0.1) is 0 Å². The highest BCUT2D eigenvalue weighted by Crippen LogP contribution is 2.22. The molecule has 2 amide bonds. The fraction of sp³-hybridized carbons (Fsp3) is 0.368. The highest BCUT2D eigenvalue weighted by atomic mass is 32.2. The topological polar surface area (TPSA) is 127 Å². The van der Waals surface area contributed by atoms with Crippen molar-refractivity contribution in [3.63, 3.8) is 0 Å². The van der Waals surface area contributed by atoms with Gasteiger partial charge < -0.3 is 10.2 Å². The third kappa shape index (κ3) is 5.42. The van der Waals surface area contributed by atoms with Crippen LogP contribution in [0.15, 0.2) is 40.5 Å². The molecule has 0 saturated heterocycles. The first-order chi connectivity index (χ1) is 14.3. The summed E-state index contributed by atoms with van der Waals surface area (Å²) in [4.78, 5) is 34.6. The van der Waals surface area contributed by atoms with E-state index >= 15 is 0 Å². The Bertz CT molecular complexity index is 1050. The summed E-state index contributed by atoms with van der Waals surface area (Å²) in [6.45, 7) is 0. The molecular formula is C19H22N4O5S2. The minimum atomic E-state index is -3.37. The van der Waals surface area contributed by atoms with E-state index < -0.39 is 15.7 Å². The molecular weight excluding hydrogens is 428 g/mol. The SMILES string of the molecule is CNC(=O)c1cnc(NC(=O)C(=NOC2CCCC2)c2ccc(S(C)(=O)=O)cc2)s1. The fourth-order valence-corrected chi connectivity index (χ4v) is 4.31. The Kier molecular flexibility index (Phi) is 6.83. The monoisotopic (exact) mass is 450 g/mol. The number of nitrogens with zero attached hydrogens (tertiary/aromatic N) is 2. The maximum Gasteiger partial charge on any atom is 0.280 e. The van der Waals surface area contributed by atoms with Crippen LogP contribution in [0.2, 0.25) is 0 Å².